The summed E-state index contributed by atoms with van der Waals surface area (Å²) in [7, 11) is 0. The summed E-state index contributed by atoms with van der Waals surface area (Å²) >= 11 is 0. The van der Waals surface area contributed by atoms with Crippen LogP contribution >= 0.6 is 0 Å². The number of nitrogens with zero attached hydrogens (tertiary/aromatic N) is 4. The lowest BCUT2D eigenvalue weighted by molar-refractivity contribution is -0.117. The van der Waals surface area contributed by atoms with Crippen molar-refractivity contribution in [3.63, 3.8) is 0 Å². The molecule has 0 unspecified atom stereocenters. The topological polar surface area (TPSA) is 112 Å². The third-order valence-corrected chi connectivity index (χ3v) is 6.63. The zero-order valence-electron chi connectivity index (χ0n) is 19.5. The molecule has 1 saturated carbocycles. The number of rotatable bonds is 5. The minimum Gasteiger partial charge on any atom is -0.335 e. The van der Waals surface area contributed by atoms with Crippen molar-refractivity contribution in [2.24, 2.45) is 5.92 Å². The number of H-pyrrole nitrogens is 2. The van der Waals surface area contributed by atoms with Crippen LogP contribution in [0.15, 0.2) is 73.3 Å². The van der Waals surface area contributed by atoms with E-state index >= 15 is 0 Å². The Morgan fingerprint density at radius 3 is 2.65 bits per heavy atom. The van der Waals surface area contributed by atoms with Gasteiger partial charge in [0.1, 0.15) is 17.0 Å². The third-order valence-electron chi connectivity index (χ3n) is 6.63. The van der Waals surface area contributed by atoms with E-state index in [9.17, 15) is 9.18 Å². The Labute approximate surface area is 210 Å². The Morgan fingerprint density at radius 1 is 0.919 bits per heavy atom. The molecule has 0 saturated heterocycles. The molecule has 3 N–H and O–H groups in total. The molecule has 4 heterocycles. The minimum atomic E-state index is -0.333. The first-order valence-electron chi connectivity index (χ1n) is 12.0. The van der Waals surface area contributed by atoms with E-state index in [0.29, 0.717) is 39.4 Å². The van der Waals surface area contributed by atoms with E-state index in [0.717, 1.165) is 34.9 Å². The van der Waals surface area contributed by atoms with Crippen LogP contribution in [-0.4, -0.2) is 36.0 Å². The smallest absolute Gasteiger partial charge is 0.227 e. The van der Waals surface area contributed by atoms with Crippen LogP contribution in [0.5, 0.6) is 0 Å². The lowest BCUT2D eigenvalue weighted by Gasteiger charge is -2.07. The second-order valence-corrected chi connectivity index (χ2v) is 9.21. The fourth-order valence-electron chi connectivity index (χ4n) is 4.55. The molecule has 4 aromatic heterocycles. The minimum absolute atomic E-state index is 0.0423. The van der Waals surface area contributed by atoms with E-state index < -0.39 is 0 Å². The van der Waals surface area contributed by atoms with Gasteiger partial charge < -0.3 is 10.3 Å². The van der Waals surface area contributed by atoms with Crippen LogP contribution in [0.4, 0.5) is 10.1 Å². The summed E-state index contributed by atoms with van der Waals surface area (Å²) in [4.78, 5) is 28.9. The summed E-state index contributed by atoms with van der Waals surface area (Å²) in [6.07, 6.45) is 8.59. The van der Waals surface area contributed by atoms with Crippen LogP contribution in [0.25, 0.3) is 55.7 Å². The number of halogens is 1. The Morgan fingerprint density at radius 2 is 1.78 bits per heavy atom. The van der Waals surface area contributed by atoms with E-state index in [1.54, 1.807) is 43.0 Å². The number of amides is 1. The molecule has 0 atom stereocenters. The average Bonchev–Trinajstić information content (AvgIpc) is 3.55. The first-order chi connectivity index (χ1) is 18.1. The Balaban J connectivity index is 1.29. The molecule has 1 aliphatic carbocycles. The highest BCUT2D eigenvalue weighted by atomic mass is 19.1. The normalized spacial score (nSPS) is 13.3. The summed E-state index contributed by atoms with van der Waals surface area (Å²) in [5, 5.41) is 11.4. The van der Waals surface area contributed by atoms with Gasteiger partial charge in [-0.1, -0.05) is 24.3 Å². The third kappa shape index (κ3) is 3.81. The first-order valence-corrected chi connectivity index (χ1v) is 12.0. The number of hydrogen-bond acceptors (Lipinski definition) is 5. The number of carbonyl (C=O) groups excluding carboxylic acids is 1. The number of nitrogens with one attached hydrogen (secondary N) is 3. The molecule has 1 fully saturated rings. The number of imidazole rings is 1. The van der Waals surface area contributed by atoms with Gasteiger partial charge >= 0.3 is 0 Å². The summed E-state index contributed by atoms with van der Waals surface area (Å²) in [6, 6.07) is 14.4. The van der Waals surface area contributed by atoms with E-state index in [-0.39, 0.29) is 17.6 Å². The Kier molecular flexibility index (Phi) is 4.81. The second-order valence-electron chi connectivity index (χ2n) is 9.21. The van der Waals surface area contributed by atoms with Gasteiger partial charge in [0.05, 0.1) is 29.1 Å². The van der Waals surface area contributed by atoms with Gasteiger partial charge in [-0.05, 0) is 42.7 Å². The van der Waals surface area contributed by atoms with E-state index in [1.165, 1.54) is 6.07 Å². The van der Waals surface area contributed by atoms with Crippen molar-refractivity contribution in [2.75, 3.05) is 5.32 Å². The van der Waals surface area contributed by atoms with Crippen LogP contribution in [0.3, 0.4) is 0 Å². The molecule has 180 valence electrons. The van der Waals surface area contributed by atoms with Crippen molar-refractivity contribution in [3.8, 4) is 33.8 Å². The molecule has 7 rings (SSSR count). The molecule has 0 spiro atoms. The van der Waals surface area contributed by atoms with Crippen molar-refractivity contribution in [1.82, 2.24) is 30.1 Å². The molecule has 6 aromatic rings. The molecule has 2 aromatic carbocycles. The highest BCUT2D eigenvalue weighted by Crippen LogP contribution is 2.34. The van der Waals surface area contributed by atoms with Crippen molar-refractivity contribution in [3.05, 3.63) is 79.1 Å². The van der Waals surface area contributed by atoms with E-state index in [1.807, 2.05) is 24.3 Å². The number of anilines is 1. The van der Waals surface area contributed by atoms with Gasteiger partial charge in [0.15, 0.2) is 5.82 Å². The number of carbonyl (C=O) groups is 1. The Bertz CT molecular complexity index is 1820. The summed E-state index contributed by atoms with van der Waals surface area (Å²) in [6.45, 7) is 0. The van der Waals surface area contributed by atoms with Crippen LogP contribution in [-0.2, 0) is 4.79 Å². The van der Waals surface area contributed by atoms with Gasteiger partial charge in [-0.15, -0.1) is 0 Å². The number of benzene rings is 2. The highest BCUT2D eigenvalue weighted by Gasteiger charge is 2.29. The van der Waals surface area contributed by atoms with Crippen molar-refractivity contribution < 1.29 is 9.18 Å². The second kappa shape index (κ2) is 8.34. The number of pyridine rings is 2. The molecule has 8 nitrogen and oxygen atoms in total. The van der Waals surface area contributed by atoms with Crippen LogP contribution < -0.4 is 5.32 Å². The van der Waals surface area contributed by atoms with Crippen LogP contribution in [0.2, 0.25) is 0 Å². The summed E-state index contributed by atoms with van der Waals surface area (Å²) in [5.41, 5.74) is 6.30. The van der Waals surface area contributed by atoms with Crippen molar-refractivity contribution in [1.29, 1.82) is 0 Å². The molecule has 0 aliphatic heterocycles. The number of hydrogen-bond donors (Lipinski definition) is 3. The molecule has 0 bridgehead atoms. The number of fused-ring (bicyclic) bond motifs is 2. The van der Waals surface area contributed by atoms with Gasteiger partial charge in [0.25, 0.3) is 0 Å². The molecule has 0 radical (unpaired) electrons. The molecule has 9 heteroatoms. The summed E-state index contributed by atoms with van der Waals surface area (Å²) < 4.78 is 14.5. The van der Waals surface area contributed by atoms with Crippen molar-refractivity contribution in [2.45, 2.75) is 12.8 Å². The molecular weight excluding hydrogens is 469 g/mol. The maximum atomic E-state index is 14.5. The zero-order valence-corrected chi connectivity index (χ0v) is 19.5. The largest absolute Gasteiger partial charge is 0.335 e. The maximum Gasteiger partial charge on any atom is 0.227 e. The van der Waals surface area contributed by atoms with Crippen molar-refractivity contribution >= 4 is 33.5 Å². The van der Waals surface area contributed by atoms with Gasteiger partial charge in [0.2, 0.25) is 5.91 Å². The molecule has 37 heavy (non-hydrogen) atoms. The van der Waals surface area contributed by atoms with Crippen LogP contribution in [0.1, 0.15) is 12.8 Å². The number of aromatic amines is 2. The van der Waals surface area contributed by atoms with E-state index in [2.05, 4.69) is 30.5 Å². The zero-order chi connectivity index (χ0) is 24.9. The van der Waals surface area contributed by atoms with Crippen LogP contribution in [0, 0.1) is 11.7 Å². The predicted octanol–water partition coefficient (Wildman–Crippen LogP) is 5.72. The fraction of sp³-hybridized carbons (Fsp3) is 0.107. The molecule has 1 amide bonds. The van der Waals surface area contributed by atoms with Gasteiger partial charge in [-0.3, -0.25) is 19.9 Å². The highest BCUT2D eigenvalue weighted by molar-refractivity contribution is 5.98. The standard InChI is InChI=1S/C28H20FN7O/c29-22-4-2-1-3-19(22)21-13-31-14-24-25(21)34-27(33-24)26-20-10-16(7-8-23(20)35-36-26)17-9-18(12-30-11-17)32-28(37)15-5-6-15/h1-4,7-15H,5-6H2,(H,32,37)(H,33,34)(H,35,36). The van der Waals surface area contributed by atoms with Gasteiger partial charge in [-0.25, -0.2) is 9.37 Å². The maximum absolute atomic E-state index is 14.5. The molecular formula is C28H20FN7O. The lowest BCUT2D eigenvalue weighted by Crippen LogP contribution is -2.13. The quantitative estimate of drug-likeness (QED) is 0.287. The Hall–Kier alpha value is -4.92. The van der Waals surface area contributed by atoms with Gasteiger partial charge in [0, 0.05) is 40.4 Å². The first kappa shape index (κ1) is 21.4. The van der Waals surface area contributed by atoms with E-state index in [4.69, 9.17) is 4.98 Å². The lowest BCUT2D eigenvalue weighted by atomic mass is 10.0. The number of aromatic nitrogens is 6. The van der Waals surface area contributed by atoms with Gasteiger partial charge in [-0.2, -0.15) is 5.10 Å². The average molecular weight is 490 g/mol. The monoisotopic (exact) mass is 489 g/mol. The summed E-state index contributed by atoms with van der Waals surface area (Å²) in [5.74, 6) is 0.375. The fourth-order valence-corrected chi connectivity index (χ4v) is 4.55. The SMILES string of the molecule is O=C(Nc1cncc(-c2ccc3[nH]nc(-c4nc5c(-c6ccccc6F)cncc5[nH]4)c3c2)c1)C1CC1. The predicted molar refractivity (Wildman–Crippen MR) is 139 cm³/mol. The molecule has 1 aliphatic rings.